The highest BCUT2D eigenvalue weighted by Crippen LogP contribution is 2.11. The first kappa shape index (κ1) is 6.81. The summed E-state index contributed by atoms with van der Waals surface area (Å²) in [5, 5.41) is 0. The molecule has 0 N–H and O–H groups in total. The molecule has 1 saturated heterocycles. The molecule has 1 heterocycles. The van der Waals surface area contributed by atoms with Crippen LogP contribution in [0.15, 0.2) is 0 Å². The Labute approximate surface area is 58.8 Å². The Kier molecular flexibility index (Phi) is 3.13. The lowest BCUT2D eigenvalue weighted by Crippen LogP contribution is -2.08. The van der Waals surface area contributed by atoms with Crippen LogP contribution in [0, 0.1) is 0 Å². The average Bonchev–Trinajstić information content (AvgIpc) is 1.94. The van der Waals surface area contributed by atoms with Gasteiger partial charge in [-0.05, 0) is 16.6 Å². The molecule has 1 fully saturated rings. The molecule has 0 spiro atoms. The van der Waals surface area contributed by atoms with Gasteiger partial charge in [0.05, 0.1) is 6.26 Å². The topological polar surface area (TPSA) is 0 Å². The summed E-state index contributed by atoms with van der Waals surface area (Å²) in [7, 11) is 0.772. The fourth-order valence-electron chi connectivity index (χ4n) is 0.813. The van der Waals surface area contributed by atoms with Gasteiger partial charge in [0.25, 0.3) is 0 Å². The van der Waals surface area contributed by atoms with Gasteiger partial charge >= 0.3 is 0 Å². The highest BCUT2D eigenvalue weighted by molar-refractivity contribution is 8.02. The van der Waals surface area contributed by atoms with Gasteiger partial charge in [-0.15, -0.1) is 0 Å². The normalized spacial score (nSPS) is 31.9. The summed E-state index contributed by atoms with van der Waals surface area (Å²) < 4.78 is 0. The van der Waals surface area contributed by atoms with E-state index < -0.39 is 0 Å². The second-order valence-corrected chi connectivity index (χ2v) is 5.76. The molecule has 0 radical (unpaired) electrons. The highest BCUT2D eigenvalue weighted by Gasteiger charge is 2.13. The van der Waals surface area contributed by atoms with E-state index in [0.717, 1.165) is 10.9 Å². The molecule has 0 bridgehead atoms. The highest BCUT2D eigenvalue weighted by atomic mass is 32.2. The minimum atomic E-state index is 0.772. The number of rotatable bonds is 0. The molecular weight excluding hydrogens is 136 g/mol. The first-order chi connectivity index (χ1) is 3.89. The maximum Gasteiger partial charge on any atom is 0.116 e. The fraction of sp³-hybridized carbons (Fsp3) is 1.00. The van der Waals surface area contributed by atoms with Crippen molar-refractivity contribution >= 4 is 22.7 Å². The third-order valence-electron chi connectivity index (χ3n) is 1.36. The minimum Gasteiger partial charge on any atom is -0.157 e. The zero-order valence-electron chi connectivity index (χ0n) is 5.35. The van der Waals surface area contributed by atoms with Gasteiger partial charge in [-0.2, -0.15) is 11.8 Å². The van der Waals surface area contributed by atoms with Crippen molar-refractivity contribution in [2.45, 2.75) is 6.42 Å². The predicted molar refractivity (Wildman–Crippen MR) is 45.0 cm³/mol. The Bertz CT molecular complexity index is 55.5. The van der Waals surface area contributed by atoms with Gasteiger partial charge in [-0.1, -0.05) is 0 Å². The van der Waals surface area contributed by atoms with E-state index in [1.165, 1.54) is 29.4 Å². The van der Waals surface area contributed by atoms with E-state index in [9.17, 15) is 0 Å². The lowest BCUT2D eigenvalue weighted by Gasteiger charge is -1.93. The zero-order valence-corrected chi connectivity index (χ0v) is 6.99. The van der Waals surface area contributed by atoms with Crippen molar-refractivity contribution in [2.24, 2.45) is 0 Å². The summed E-state index contributed by atoms with van der Waals surface area (Å²) in [6.07, 6.45) is 3.86. The third-order valence-corrected chi connectivity index (χ3v) is 4.57. The number of thioether (sulfide) groups is 1. The number of hydrogen-bond donors (Lipinski definition) is 0. The minimum absolute atomic E-state index is 0.772. The Morgan fingerprint density at radius 3 is 3.00 bits per heavy atom. The van der Waals surface area contributed by atoms with Crippen LogP contribution in [-0.2, 0) is 10.9 Å². The summed E-state index contributed by atoms with van der Waals surface area (Å²) in [4.78, 5) is 0. The van der Waals surface area contributed by atoms with Gasteiger partial charge in [0.15, 0.2) is 0 Å². The van der Waals surface area contributed by atoms with Crippen LogP contribution in [0.3, 0.4) is 0 Å². The van der Waals surface area contributed by atoms with Gasteiger partial charge in [0.1, 0.15) is 11.5 Å². The molecule has 0 aliphatic carbocycles. The quantitative estimate of drug-likeness (QED) is 0.469. The van der Waals surface area contributed by atoms with E-state index in [4.69, 9.17) is 0 Å². The van der Waals surface area contributed by atoms with Gasteiger partial charge in [-0.3, -0.25) is 0 Å². The van der Waals surface area contributed by atoms with Crippen molar-refractivity contribution in [1.82, 2.24) is 0 Å². The van der Waals surface area contributed by atoms with Crippen LogP contribution >= 0.6 is 11.8 Å². The van der Waals surface area contributed by atoms with Crippen molar-refractivity contribution in [3.8, 4) is 0 Å². The molecule has 0 nitrogen and oxygen atoms in total. The first-order valence-electron chi connectivity index (χ1n) is 3.06. The summed E-state index contributed by atoms with van der Waals surface area (Å²) in [5.41, 5.74) is 0. The van der Waals surface area contributed by atoms with Crippen molar-refractivity contribution in [3.63, 3.8) is 0 Å². The molecule has 0 aromatic carbocycles. The second kappa shape index (κ2) is 3.67. The van der Waals surface area contributed by atoms with E-state index in [1.807, 2.05) is 0 Å². The van der Waals surface area contributed by atoms with Crippen molar-refractivity contribution in [2.75, 3.05) is 29.3 Å². The van der Waals surface area contributed by atoms with Crippen molar-refractivity contribution in [3.05, 3.63) is 0 Å². The Morgan fingerprint density at radius 1 is 1.25 bits per heavy atom. The largest absolute Gasteiger partial charge is 0.157 e. The van der Waals surface area contributed by atoms with Crippen LogP contribution in [0.4, 0.5) is 0 Å². The molecule has 1 rings (SSSR count). The molecule has 0 aromatic heterocycles. The third kappa shape index (κ3) is 2.31. The summed E-state index contributed by atoms with van der Waals surface area (Å²) in [6.45, 7) is 0. The van der Waals surface area contributed by atoms with Gasteiger partial charge in [0, 0.05) is 12.2 Å². The van der Waals surface area contributed by atoms with Crippen LogP contribution in [-0.4, -0.2) is 29.3 Å². The Balaban J connectivity index is 2.17. The fourth-order valence-corrected chi connectivity index (χ4v) is 4.00. The molecule has 1 unspecified atom stereocenters. The molecule has 48 valence electrons. The van der Waals surface area contributed by atoms with E-state index in [1.54, 1.807) is 0 Å². The molecule has 1 aliphatic rings. The van der Waals surface area contributed by atoms with Crippen LogP contribution in [0.25, 0.3) is 0 Å². The zero-order chi connectivity index (χ0) is 5.82. The van der Waals surface area contributed by atoms with Crippen LogP contribution < -0.4 is 0 Å². The Morgan fingerprint density at radius 2 is 2.12 bits per heavy atom. The molecule has 2 heteroatoms. The molecule has 1 atom stereocenters. The Hall–Kier alpha value is 0.700. The molecule has 8 heavy (non-hydrogen) atoms. The van der Waals surface area contributed by atoms with E-state index in [-0.39, 0.29) is 0 Å². The van der Waals surface area contributed by atoms with Crippen LogP contribution in [0.5, 0.6) is 0 Å². The molecule has 0 amide bonds. The summed E-state index contributed by atoms with van der Waals surface area (Å²) >= 11 is 2.13. The average molecular weight is 149 g/mol. The van der Waals surface area contributed by atoms with Crippen LogP contribution in [0.1, 0.15) is 6.42 Å². The lowest BCUT2D eigenvalue weighted by molar-refractivity contribution is 1.12. The monoisotopic (exact) mass is 149 g/mol. The van der Waals surface area contributed by atoms with E-state index in [0.29, 0.717) is 0 Å². The predicted octanol–water partition coefficient (Wildman–Crippen LogP) is 1.37. The second-order valence-electron chi connectivity index (χ2n) is 2.16. The first-order valence-corrected chi connectivity index (χ1v) is 6.19. The summed E-state index contributed by atoms with van der Waals surface area (Å²) in [6, 6.07) is 0. The SMILES string of the molecule is C[S+]1CCCSCC1. The van der Waals surface area contributed by atoms with E-state index in [2.05, 4.69) is 18.0 Å². The number of hydrogen-bond acceptors (Lipinski definition) is 1. The lowest BCUT2D eigenvalue weighted by atomic mass is 10.6. The molecule has 0 aromatic rings. The molecular formula is C6H13S2+. The maximum atomic E-state index is 2.39. The summed E-state index contributed by atoms with van der Waals surface area (Å²) in [5.74, 6) is 5.80. The molecule has 1 aliphatic heterocycles. The van der Waals surface area contributed by atoms with Crippen LogP contribution in [0.2, 0.25) is 0 Å². The molecule has 0 saturated carbocycles. The van der Waals surface area contributed by atoms with Gasteiger partial charge < -0.3 is 0 Å². The maximum absolute atomic E-state index is 2.39. The van der Waals surface area contributed by atoms with Gasteiger partial charge in [-0.25, -0.2) is 0 Å². The van der Waals surface area contributed by atoms with Crippen molar-refractivity contribution in [1.29, 1.82) is 0 Å². The van der Waals surface area contributed by atoms with E-state index >= 15 is 0 Å². The smallest absolute Gasteiger partial charge is 0.116 e. The van der Waals surface area contributed by atoms with Gasteiger partial charge in [0.2, 0.25) is 0 Å². The standard InChI is InChI=1S/C6H13S2/c1-8-5-2-3-7-4-6-8/h2-6H2,1H3/q+1. The van der Waals surface area contributed by atoms with Crippen molar-refractivity contribution < 1.29 is 0 Å².